The molecule has 1 aliphatic rings. The Morgan fingerprint density at radius 3 is 2.41 bits per heavy atom. The van der Waals surface area contributed by atoms with E-state index in [1.165, 1.54) is 10.5 Å². The van der Waals surface area contributed by atoms with E-state index in [-0.39, 0.29) is 31.5 Å². The fourth-order valence-electron chi connectivity index (χ4n) is 3.63. The Morgan fingerprint density at radius 2 is 1.86 bits per heavy atom. The number of benzene rings is 1. The molecule has 29 heavy (non-hydrogen) atoms. The van der Waals surface area contributed by atoms with Crippen molar-refractivity contribution in [3.63, 3.8) is 0 Å². The van der Waals surface area contributed by atoms with E-state index in [1.54, 1.807) is 7.05 Å². The Bertz CT molecular complexity index is 704. The molecule has 1 heterocycles. The minimum atomic E-state index is -4.42. The van der Waals surface area contributed by atoms with E-state index < -0.39 is 24.7 Å². The van der Waals surface area contributed by atoms with E-state index in [9.17, 15) is 22.8 Å². The first kappa shape index (κ1) is 23.2. The van der Waals surface area contributed by atoms with E-state index in [2.05, 4.69) is 31.3 Å². The third-order valence-corrected chi connectivity index (χ3v) is 5.07. The van der Waals surface area contributed by atoms with Crippen LogP contribution in [-0.2, 0) is 16.0 Å². The van der Waals surface area contributed by atoms with Gasteiger partial charge in [0.15, 0.2) is 0 Å². The van der Waals surface area contributed by atoms with Crippen molar-refractivity contribution < 1.29 is 22.8 Å². The molecule has 0 radical (unpaired) electrons. The monoisotopic (exact) mass is 413 g/mol. The quantitative estimate of drug-likeness (QED) is 0.712. The summed E-state index contributed by atoms with van der Waals surface area (Å²) in [4.78, 5) is 26.9. The molecule has 1 aliphatic heterocycles. The maximum absolute atomic E-state index is 12.5. The predicted octanol–water partition coefficient (Wildman–Crippen LogP) is 3.16. The van der Waals surface area contributed by atoms with Crippen molar-refractivity contribution in [2.24, 2.45) is 5.92 Å². The van der Waals surface area contributed by atoms with Gasteiger partial charge in [0, 0.05) is 6.54 Å². The smallest absolute Gasteiger partial charge is 0.348 e. The van der Waals surface area contributed by atoms with Crippen molar-refractivity contribution in [3.05, 3.63) is 35.4 Å². The summed E-state index contributed by atoms with van der Waals surface area (Å²) in [6.45, 7) is 4.95. The molecule has 1 aromatic carbocycles. The zero-order valence-electron chi connectivity index (χ0n) is 17.4. The van der Waals surface area contributed by atoms with Crippen LogP contribution >= 0.6 is 0 Å². The summed E-state index contributed by atoms with van der Waals surface area (Å²) in [5.74, 6) is -0.279. The standard InChI is InChI=1S/C21H30F3N3O2/c1-14(2)11-16-5-7-17(8-6-16)15(3)25-19(28)12-26(4)18-9-10-27(20(18)29)13-21(22,23)24/h5-8,14-15,18H,9-13H2,1-4H3,(H,25,28). The topological polar surface area (TPSA) is 52.7 Å². The highest BCUT2D eigenvalue weighted by Gasteiger charge is 2.40. The molecule has 2 amide bonds. The maximum Gasteiger partial charge on any atom is 0.406 e. The van der Waals surface area contributed by atoms with Gasteiger partial charge in [-0.15, -0.1) is 0 Å². The number of nitrogens with one attached hydrogen (secondary N) is 1. The summed E-state index contributed by atoms with van der Waals surface area (Å²) in [7, 11) is 1.59. The third kappa shape index (κ3) is 7.03. The lowest BCUT2D eigenvalue weighted by Crippen LogP contribution is -2.46. The molecule has 162 valence electrons. The number of alkyl halides is 3. The third-order valence-electron chi connectivity index (χ3n) is 5.07. The van der Waals surface area contributed by atoms with Crippen LogP contribution in [0.4, 0.5) is 13.2 Å². The summed E-state index contributed by atoms with van der Waals surface area (Å²) in [6, 6.07) is 7.18. The number of hydrogen-bond donors (Lipinski definition) is 1. The van der Waals surface area contributed by atoms with Gasteiger partial charge in [0.25, 0.3) is 0 Å². The normalized spacial score (nSPS) is 18.6. The second-order valence-corrected chi connectivity index (χ2v) is 8.22. The van der Waals surface area contributed by atoms with Gasteiger partial charge in [-0.25, -0.2) is 0 Å². The van der Waals surface area contributed by atoms with Gasteiger partial charge >= 0.3 is 6.18 Å². The number of likely N-dealkylation sites (tertiary alicyclic amines) is 1. The predicted molar refractivity (Wildman–Crippen MR) is 105 cm³/mol. The molecular weight excluding hydrogens is 383 g/mol. The summed E-state index contributed by atoms with van der Waals surface area (Å²) in [5.41, 5.74) is 2.21. The highest BCUT2D eigenvalue weighted by atomic mass is 19.4. The lowest BCUT2D eigenvalue weighted by molar-refractivity contribution is -0.159. The number of carbonyl (C=O) groups excluding carboxylic acids is 2. The highest BCUT2D eigenvalue weighted by molar-refractivity contribution is 5.85. The van der Waals surface area contributed by atoms with Crippen LogP contribution in [0.3, 0.4) is 0 Å². The summed E-state index contributed by atoms with van der Waals surface area (Å²) < 4.78 is 37.6. The summed E-state index contributed by atoms with van der Waals surface area (Å²) in [5, 5.41) is 2.89. The number of nitrogens with zero attached hydrogens (tertiary/aromatic N) is 2. The zero-order valence-corrected chi connectivity index (χ0v) is 17.4. The van der Waals surface area contributed by atoms with Gasteiger partial charge in [0.2, 0.25) is 11.8 Å². The van der Waals surface area contributed by atoms with Gasteiger partial charge in [-0.3, -0.25) is 14.5 Å². The molecule has 0 bridgehead atoms. The number of halogens is 3. The van der Waals surface area contributed by atoms with Crippen molar-refractivity contribution in [2.45, 2.75) is 51.9 Å². The SMILES string of the molecule is CC(C)Cc1ccc(C(C)NC(=O)CN(C)C2CCN(CC(F)(F)F)C2=O)cc1. The lowest BCUT2D eigenvalue weighted by atomic mass is 10.00. The molecule has 5 nitrogen and oxygen atoms in total. The van der Waals surface area contributed by atoms with Gasteiger partial charge in [-0.05, 0) is 43.9 Å². The number of hydrogen-bond acceptors (Lipinski definition) is 3. The Balaban J connectivity index is 1.86. The van der Waals surface area contributed by atoms with Crippen LogP contribution in [0, 0.1) is 5.92 Å². The lowest BCUT2D eigenvalue weighted by Gasteiger charge is -2.24. The van der Waals surface area contributed by atoms with Crippen LogP contribution in [0.1, 0.15) is 44.4 Å². The van der Waals surface area contributed by atoms with Crippen LogP contribution < -0.4 is 5.32 Å². The van der Waals surface area contributed by atoms with Crippen LogP contribution in [0.15, 0.2) is 24.3 Å². The van der Waals surface area contributed by atoms with E-state index in [1.807, 2.05) is 19.1 Å². The minimum absolute atomic E-state index is 0.0496. The van der Waals surface area contributed by atoms with Gasteiger partial charge in [0.1, 0.15) is 6.54 Å². The average Bonchev–Trinajstić information content (AvgIpc) is 2.93. The number of amides is 2. The van der Waals surface area contributed by atoms with Gasteiger partial charge in [-0.1, -0.05) is 38.1 Å². The average molecular weight is 413 g/mol. The fourth-order valence-corrected chi connectivity index (χ4v) is 3.63. The first-order valence-electron chi connectivity index (χ1n) is 9.90. The Kier molecular flexibility index (Phi) is 7.68. The molecule has 1 aromatic rings. The first-order chi connectivity index (χ1) is 13.5. The Hall–Kier alpha value is -2.09. The van der Waals surface area contributed by atoms with Crippen molar-refractivity contribution in [3.8, 4) is 0 Å². The van der Waals surface area contributed by atoms with Crippen molar-refractivity contribution in [2.75, 3.05) is 26.7 Å². The number of carbonyl (C=O) groups is 2. The molecule has 0 saturated carbocycles. The molecule has 8 heteroatoms. The Morgan fingerprint density at radius 1 is 1.24 bits per heavy atom. The Labute approximate surface area is 170 Å². The minimum Gasteiger partial charge on any atom is -0.348 e. The first-order valence-corrected chi connectivity index (χ1v) is 9.90. The zero-order chi connectivity index (χ0) is 21.8. The largest absolute Gasteiger partial charge is 0.406 e. The van der Waals surface area contributed by atoms with Crippen LogP contribution in [0.2, 0.25) is 0 Å². The van der Waals surface area contributed by atoms with Crippen LogP contribution in [0.25, 0.3) is 0 Å². The maximum atomic E-state index is 12.5. The molecule has 2 unspecified atom stereocenters. The molecule has 0 spiro atoms. The van der Waals surface area contributed by atoms with Crippen LogP contribution in [0.5, 0.6) is 0 Å². The van der Waals surface area contributed by atoms with E-state index >= 15 is 0 Å². The molecule has 0 aromatic heterocycles. The summed E-state index contributed by atoms with van der Waals surface area (Å²) >= 11 is 0. The highest BCUT2D eigenvalue weighted by Crippen LogP contribution is 2.23. The molecule has 0 aliphatic carbocycles. The fraction of sp³-hybridized carbons (Fsp3) is 0.619. The summed E-state index contributed by atoms with van der Waals surface area (Å²) in [6.07, 6.45) is -3.14. The van der Waals surface area contributed by atoms with Crippen molar-refractivity contribution >= 4 is 11.8 Å². The van der Waals surface area contributed by atoms with Gasteiger partial charge in [0.05, 0.1) is 18.6 Å². The van der Waals surface area contributed by atoms with Crippen LogP contribution in [-0.4, -0.2) is 60.5 Å². The number of likely N-dealkylation sites (N-methyl/N-ethyl adjacent to an activating group) is 1. The van der Waals surface area contributed by atoms with Gasteiger partial charge < -0.3 is 10.2 Å². The molecule has 1 saturated heterocycles. The van der Waals surface area contributed by atoms with E-state index in [0.717, 1.165) is 16.9 Å². The molecule has 2 atom stereocenters. The molecular formula is C21H30F3N3O2. The second kappa shape index (κ2) is 9.61. The van der Waals surface area contributed by atoms with Gasteiger partial charge in [-0.2, -0.15) is 13.2 Å². The van der Waals surface area contributed by atoms with E-state index in [4.69, 9.17) is 0 Å². The second-order valence-electron chi connectivity index (χ2n) is 8.22. The van der Waals surface area contributed by atoms with E-state index in [0.29, 0.717) is 5.92 Å². The van der Waals surface area contributed by atoms with Crippen molar-refractivity contribution in [1.29, 1.82) is 0 Å². The molecule has 1 fully saturated rings. The number of rotatable bonds is 8. The van der Waals surface area contributed by atoms with Crippen molar-refractivity contribution in [1.82, 2.24) is 15.1 Å². The molecule has 2 rings (SSSR count). The molecule has 1 N–H and O–H groups in total.